The summed E-state index contributed by atoms with van der Waals surface area (Å²) in [7, 11) is -3.38. The molecule has 6 nitrogen and oxygen atoms in total. The highest BCUT2D eigenvalue weighted by Gasteiger charge is 2.35. The number of carboxylic acids is 1. The Morgan fingerprint density at radius 1 is 1.53 bits per heavy atom. The molecular weight excluding hydrogens is 268 g/mol. The maximum absolute atomic E-state index is 12.2. The number of aromatic amines is 1. The quantitative estimate of drug-likeness (QED) is 0.825. The molecule has 0 amide bonds. The van der Waals surface area contributed by atoms with Gasteiger partial charge in [0.05, 0.1) is 11.8 Å². The molecule has 0 spiro atoms. The first-order valence-electron chi connectivity index (χ1n) is 6.35. The van der Waals surface area contributed by atoms with Crippen LogP contribution in [0.2, 0.25) is 0 Å². The molecule has 0 saturated carbocycles. The van der Waals surface area contributed by atoms with Gasteiger partial charge in [-0.3, -0.25) is 4.79 Å². The van der Waals surface area contributed by atoms with Crippen molar-refractivity contribution in [3.63, 3.8) is 0 Å². The van der Waals surface area contributed by atoms with Crippen LogP contribution in [0.25, 0.3) is 0 Å². The van der Waals surface area contributed by atoms with Crippen molar-refractivity contribution in [1.29, 1.82) is 0 Å². The van der Waals surface area contributed by atoms with E-state index in [1.54, 1.807) is 6.20 Å². The van der Waals surface area contributed by atoms with Crippen molar-refractivity contribution in [2.24, 2.45) is 0 Å². The van der Waals surface area contributed by atoms with Crippen molar-refractivity contribution in [3.8, 4) is 0 Å². The summed E-state index contributed by atoms with van der Waals surface area (Å²) in [5.74, 6) is -1.06. The number of sulfonamides is 1. The molecule has 0 bridgehead atoms. The molecule has 1 aliphatic heterocycles. The number of aromatic nitrogens is 1. The zero-order valence-electron chi connectivity index (χ0n) is 10.6. The summed E-state index contributed by atoms with van der Waals surface area (Å²) in [6, 6.07) is 3.60. The average Bonchev–Trinajstić information content (AvgIpc) is 2.99. The van der Waals surface area contributed by atoms with Crippen molar-refractivity contribution in [1.82, 2.24) is 9.29 Å². The number of hydrogen-bond donors (Lipinski definition) is 2. The highest BCUT2D eigenvalue weighted by molar-refractivity contribution is 7.89. The minimum absolute atomic E-state index is 0.101. The van der Waals surface area contributed by atoms with Crippen molar-refractivity contribution < 1.29 is 18.3 Å². The lowest BCUT2D eigenvalue weighted by Crippen LogP contribution is -2.33. The molecule has 1 aromatic rings. The first-order chi connectivity index (χ1) is 9.00. The van der Waals surface area contributed by atoms with Crippen molar-refractivity contribution in [3.05, 3.63) is 24.0 Å². The zero-order chi connectivity index (χ0) is 13.9. The largest absolute Gasteiger partial charge is 0.481 e. The van der Waals surface area contributed by atoms with Gasteiger partial charge < -0.3 is 10.1 Å². The lowest BCUT2D eigenvalue weighted by molar-refractivity contribution is -0.137. The molecule has 1 atom stereocenters. The molecule has 0 radical (unpaired) electrons. The van der Waals surface area contributed by atoms with Crippen LogP contribution in [0.3, 0.4) is 0 Å². The molecule has 2 N–H and O–H groups in total. The van der Waals surface area contributed by atoms with E-state index in [1.807, 2.05) is 12.1 Å². The minimum Gasteiger partial charge on any atom is -0.481 e. The minimum atomic E-state index is -3.38. The molecule has 1 fully saturated rings. The summed E-state index contributed by atoms with van der Waals surface area (Å²) in [6.45, 7) is 0.513. The average molecular weight is 286 g/mol. The van der Waals surface area contributed by atoms with E-state index in [9.17, 15) is 13.2 Å². The summed E-state index contributed by atoms with van der Waals surface area (Å²) < 4.78 is 26.0. The third kappa shape index (κ3) is 3.36. The van der Waals surface area contributed by atoms with E-state index in [0.717, 1.165) is 18.5 Å². The standard InChI is InChI=1S/C12H18N2O4S/c15-12(16)6-3-9-19(17,18)14-8-2-5-11(14)10-4-1-7-13-10/h1,4,7,11,13H,2-3,5-6,8-9H2,(H,15,16). The molecule has 1 aromatic heterocycles. The number of nitrogens with one attached hydrogen (secondary N) is 1. The topological polar surface area (TPSA) is 90.5 Å². The van der Waals surface area contributed by atoms with Crippen LogP contribution in [0, 0.1) is 0 Å². The van der Waals surface area contributed by atoms with Crippen LogP contribution in [-0.2, 0) is 14.8 Å². The Hall–Kier alpha value is -1.34. The Balaban J connectivity index is 2.04. The summed E-state index contributed by atoms with van der Waals surface area (Å²) in [4.78, 5) is 13.5. The smallest absolute Gasteiger partial charge is 0.303 e. The number of nitrogens with zero attached hydrogens (tertiary/aromatic N) is 1. The first-order valence-corrected chi connectivity index (χ1v) is 7.96. The molecular formula is C12H18N2O4S. The van der Waals surface area contributed by atoms with Crippen LogP contribution in [0.5, 0.6) is 0 Å². The van der Waals surface area contributed by atoms with Gasteiger partial charge in [0.1, 0.15) is 0 Å². The maximum Gasteiger partial charge on any atom is 0.303 e. The van der Waals surface area contributed by atoms with E-state index in [0.29, 0.717) is 6.54 Å². The Morgan fingerprint density at radius 2 is 2.32 bits per heavy atom. The van der Waals surface area contributed by atoms with Gasteiger partial charge in [-0.25, -0.2) is 8.42 Å². The van der Waals surface area contributed by atoms with E-state index in [4.69, 9.17) is 5.11 Å². The second-order valence-corrected chi connectivity index (χ2v) is 6.75. The molecule has 1 saturated heterocycles. The predicted molar refractivity (Wildman–Crippen MR) is 70.1 cm³/mol. The zero-order valence-corrected chi connectivity index (χ0v) is 11.4. The molecule has 106 valence electrons. The lowest BCUT2D eigenvalue weighted by atomic mass is 10.2. The Morgan fingerprint density at radius 3 is 2.95 bits per heavy atom. The second kappa shape index (κ2) is 5.75. The Kier molecular flexibility index (Phi) is 4.26. The number of carboxylic acid groups (broad SMARTS) is 1. The summed E-state index contributed by atoms with van der Waals surface area (Å²) in [6.07, 6.45) is 3.47. The number of H-pyrrole nitrogens is 1. The molecule has 0 aliphatic carbocycles. The van der Waals surface area contributed by atoms with Gasteiger partial charge >= 0.3 is 5.97 Å². The number of carbonyl (C=O) groups is 1. The summed E-state index contributed by atoms with van der Waals surface area (Å²) >= 11 is 0. The van der Waals surface area contributed by atoms with Gasteiger partial charge in [-0.2, -0.15) is 4.31 Å². The fraction of sp³-hybridized carbons (Fsp3) is 0.583. The van der Waals surface area contributed by atoms with Crippen LogP contribution >= 0.6 is 0 Å². The van der Waals surface area contributed by atoms with Gasteiger partial charge in [-0.1, -0.05) is 0 Å². The molecule has 2 heterocycles. The first kappa shape index (κ1) is 14.1. The van der Waals surface area contributed by atoms with Crippen LogP contribution in [0.4, 0.5) is 0 Å². The molecule has 2 rings (SSSR count). The van der Waals surface area contributed by atoms with E-state index < -0.39 is 16.0 Å². The van der Waals surface area contributed by atoms with Gasteiger partial charge in [-0.05, 0) is 31.4 Å². The van der Waals surface area contributed by atoms with Crippen molar-refractivity contribution in [2.75, 3.05) is 12.3 Å². The molecule has 19 heavy (non-hydrogen) atoms. The van der Waals surface area contributed by atoms with Gasteiger partial charge in [0.2, 0.25) is 10.0 Å². The highest BCUT2D eigenvalue weighted by atomic mass is 32.2. The molecule has 0 aromatic carbocycles. The third-order valence-electron chi connectivity index (χ3n) is 3.33. The van der Waals surface area contributed by atoms with Gasteiger partial charge in [0.25, 0.3) is 0 Å². The molecule has 1 unspecified atom stereocenters. The van der Waals surface area contributed by atoms with Crippen LogP contribution in [0.1, 0.15) is 37.4 Å². The van der Waals surface area contributed by atoms with Crippen LogP contribution in [-0.4, -0.2) is 41.1 Å². The van der Waals surface area contributed by atoms with Crippen molar-refractivity contribution >= 4 is 16.0 Å². The fourth-order valence-electron chi connectivity index (χ4n) is 2.46. The monoisotopic (exact) mass is 286 g/mol. The third-order valence-corrected chi connectivity index (χ3v) is 5.29. The van der Waals surface area contributed by atoms with Crippen LogP contribution in [0.15, 0.2) is 18.3 Å². The lowest BCUT2D eigenvalue weighted by Gasteiger charge is -2.23. The summed E-state index contributed by atoms with van der Waals surface area (Å²) in [5, 5.41) is 8.56. The number of rotatable bonds is 6. The molecule has 7 heteroatoms. The predicted octanol–water partition coefficient (Wildman–Crippen LogP) is 1.35. The van der Waals surface area contributed by atoms with Gasteiger partial charge in [-0.15, -0.1) is 0 Å². The molecule has 1 aliphatic rings. The highest BCUT2D eigenvalue weighted by Crippen LogP contribution is 2.33. The van der Waals surface area contributed by atoms with E-state index in [2.05, 4.69) is 4.98 Å². The normalized spacial score (nSPS) is 20.7. The van der Waals surface area contributed by atoms with Gasteiger partial charge in [0.15, 0.2) is 0 Å². The second-order valence-electron chi connectivity index (χ2n) is 4.71. The van der Waals surface area contributed by atoms with Crippen molar-refractivity contribution in [2.45, 2.75) is 31.7 Å². The number of hydrogen-bond acceptors (Lipinski definition) is 3. The summed E-state index contributed by atoms with van der Waals surface area (Å²) in [5.41, 5.74) is 0.902. The Bertz CT molecular complexity index is 524. The van der Waals surface area contributed by atoms with Gasteiger partial charge in [0, 0.05) is 24.9 Å². The maximum atomic E-state index is 12.2. The number of aliphatic carboxylic acids is 1. The Labute approximate surface area is 112 Å². The van der Waals surface area contributed by atoms with E-state index in [-0.39, 0.29) is 24.6 Å². The fourth-order valence-corrected chi connectivity index (χ4v) is 4.22. The van der Waals surface area contributed by atoms with E-state index in [1.165, 1.54) is 4.31 Å². The van der Waals surface area contributed by atoms with Crippen LogP contribution < -0.4 is 0 Å². The SMILES string of the molecule is O=C(O)CCCS(=O)(=O)N1CCCC1c1ccc[nH]1. The van der Waals surface area contributed by atoms with E-state index >= 15 is 0 Å².